The fourth-order valence-electron chi connectivity index (χ4n) is 3.61. The van der Waals surface area contributed by atoms with E-state index in [-0.39, 0.29) is 9.92 Å². The summed E-state index contributed by atoms with van der Waals surface area (Å²) < 4.78 is 38.0. The standard InChI is InChI=1S/C19H24ClN5O4S/c1-28-18-3-2-16(13-17(18)20)30(26,27)25-6-4-23(5-7-25)15-12-19(22-21-14-15)24-8-10-29-11-9-24/h2-3,12-14H,4-11H2,1H3. The van der Waals surface area contributed by atoms with Gasteiger partial charge in [-0.15, -0.1) is 5.10 Å². The molecule has 0 radical (unpaired) electrons. The molecule has 1 aromatic carbocycles. The van der Waals surface area contributed by atoms with Crippen LogP contribution in [0.3, 0.4) is 0 Å². The number of anilines is 2. The van der Waals surface area contributed by atoms with Gasteiger partial charge in [-0.3, -0.25) is 0 Å². The number of piperazine rings is 1. The van der Waals surface area contributed by atoms with Gasteiger partial charge >= 0.3 is 0 Å². The number of aromatic nitrogens is 2. The van der Waals surface area contributed by atoms with Gasteiger partial charge in [-0.05, 0) is 18.2 Å². The first kappa shape index (κ1) is 21.1. The first-order valence-electron chi connectivity index (χ1n) is 9.73. The van der Waals surface area contributed by atoms with Crippen LogP contribution >= 0.6 is 11.6 Å². The zero-order valence-electron chi connectivity index (χ0n) is 16.7. The van der Waals surface area contributed by atoms with Crippen LogP contribution in [0.25, 0.3) is 0 Å². The van der Waals surface area contributed by atoms with Gasteiger partial charge in [-0.2, -0.15) is 9.40 Å². The molecule has 0 saturated carbocycles. The molecule has 1 aromatic heterocycles. The van der Waals surface area contributed by atoms with E-state index in [4.69, 9.17) is 21.1 Å². The summed E-state index contributed by atoms with van der Waals surface area (Å²) in [6.45, 7) is 4.82. The maximum atomic E-state index is 13.0. The maximum Gasteiger partial charge on any atom is 0.243 e. The lowest BCUT2D eigenvalue weighted by Gasteiger charge is -2.35. The molecule has 162 valence electrons. The van der Waals surface area contributed by atoms with Crippen molar-refractivity contribution in [3.8, 4) is 5.75 Å². The number of hydrogen-bond donors (Lipinski definition) is 0. The Morgan fingerprint density at radius 2 is 1.77 bits per heavy atom. The number of rotatable bonds is 5. The highest BCUT2D eigenvalue weighted by atomic mass is 35.5. The van der Waals surface area contributed by atoms with Crippen molar-refractivity contribution in [1.29, 1.82) is 0 Å². The molecule has 2 fully saturated rings. The van der Waals surface area contributed by atoms with Crippen LogP contribution in [0.1, 0.15) is 0 Å². The van der Waals surface area contributed by atoms with Crippen molar-refractivity contribution in [3.63, 3.8) is 0 Å². The summed E-state index contributed by atoms with van der Waals surface area (Å²) in [5.74, 6) is 1.26. The van der Waals surface area contributed by atoms with Crippen molar-refractivity contribution < 1.29 is 17.9 Å². The maximum absolute atomic E-state index is 13.0. The Labute approximate surface area is 181 Å². The van der Waals surface area contributed by atoms with Crippen molar-refractivity contribution in [2.24, 2.45) is 0 Å². The minimum absolute atomic E-state index is 0.168. The normalized spacial score (nSPS) is 18.5. The van der Waals surface area contributed by atoms with Gasteiger partial charge in [0.15, 0.2) is 5.82 Å². The largest absolute Gasteiger partial charge is 0.495 e. The number of sulfonamides is 1. The second kappa shape index (κ2) is 8.93. The van der Waals surface area contributed by atoms with E-state index in [0.717, 1.165) is 24.6 Å². The third kappa shape index (κ3) is 4.31. The van der Waals surface area contributed by atoms with Gasteiger partial charge in [-0.25, -0.2) is 8.42 Å². The van der Waals surface area contributed by atoms with Crippen LogP contribution in [0.2, 0.25) is 5.02 Å². The number of morpholine rings is 1. The van der Waals surface area contributed by atoms with Crippen LogP contribution in [-0.2, 0) is 14.8 Å². The molecule has 0 spiro atoms. The molecule has 11 heteroatoms. The first-order chi connectivity index (χ1) is 14.5. The number of nitrogens with zero attached hydrogens (tertiary/aromatic N) is 5. The lowest BCUT2D eigenvalue weighted by atomic mass is 10.3. The van der Waals surface area contributed by atoms with Crippen molar-refractivity contribution in [2.75, 3.05) is 69.4 Å². The molecule has 0 amide bonds. The highest BCUT2D eigenvalue weighted by Crippen LogP contribution is 2.29. The van der Waals surface area contributed by atoms with Crippen molar-refractivity contribution in [1.82, 2.24) is 14.5 Å². The van der Waals surface area contributed by atoms with E-state index < -0.39 is 10.0 Å². The van der Waals surface area contributed by atoms with Gasteiger partial charge in [0, 0.05) is 45.3 Å². The average Bonchev–Trinajstić information content (AvgIpc) is 2.80. The second-order valence-electron chi connectivity index (χ2n) is 7.06. The van der Waals surface area contributed by atoms with E-state index in [9.17, 15) is 8.42 Å². The van der Waals surface area contributed by atoms with Gasteiger partial charge in [0.1, 0.15) is 5.75 Å². The Kier molecular flexibility index (Phi) is 6.28. The van der Waals surface area contributed by atoms with Crippen LogP contribution in [0.4, 0.5) is 11.5 Å². The topological polar surface area (TPSA) is 88.1 Å². The number of halogens is 1. The molecule has 3 heterocycles. The Bertz CT molecular complexity index is 992. The zero-order valence-corrected chi connectivity index (χ0v) is 18.3. The Morgan fingerprint density at radius 1 is 1.03 bits per heavy atom. The number of methoxy groups -OCH3 is 1. The van der Waals surface area contributed by atoms with Gasteiger partial charge in [-0.1, -0.05) is 11.6 Å². The monoisotopic (exact) mass is 453 g/mol. The highest BCUT2D eigenvalue weighted by Gasteiger charge is 2.29. The van der Waals surface area contributed by atoms with Crippen molar-refractivity contribution >= 4 is 33.1 Å². The molecule has 2 aliphatic rings. The second-order valence-corrected chi connectivity index (χ2v) is 9.40. The third-order valence-corrected chi connectivity index (χ3v) is 7.52. The molecule has 0 aliphatic carbocycles. The molecule has 2 saturated heterocycles. The molecule has 0 unspecified atom stereocenters. The Hall–Kier alpha value is -2.14. The van der Waals surface area contributed by atoms with E-state index >= 15 is 0 Å². The fourth-order valence-corrected chi connectivity index (χ4v) is 5.38. The molecule has 9 nitrogen and oxygen atoms in total. The molecule has 0 bridgehead atoms. The van der Waals surface area contributed by atoms with Gasteiger partial charge in [0.2, 0.25) is 10.0 Å². The van der Waals surface area contributed by atoms with E-state index in [1.54, 1.807) is 12.3 Å². The molecular weight excluding hydrogens is 430 g/mol. The summed E-state index contributed by atoms with van der Waals surface area (Å²) in [7, 11) is -2.13. The summed E-state index contributed by atoms with van der Waals surface area (Å²) in [5, 5.41) is 8.66. The molecule has 4 rings (SSSR count). The van der Waals surface area contributed by atoms with E-state index in [0.29, 0.717) is 45.1 Å². The van der Waals surface area contributed by atoms with E-state index in [1.807, 2.05) is 6.07 Å². The van der Waals surface area contributed by atoms with Gasteiger partial charge in [0.05, 0.1) is 42.1 Å². The minimum Gasteiger partial charge on any atom is -0.495 e. The van der Waals surface area contributed by atoms with Crippen LogP contribution < -0.4 is 14.5 Å². The smallest absolute Gasteiger partial charge is 0.243 e. The Balaban J connectivity index is 1.44. The summed E-state index contributed by atoms with van der Waals surface area (Å²) in [5.41, 5.74) is 0.941. The van der Waals surface area contributed by atoms with Crippen molar-refractivity contribution in [3.05, 3.63) is 35.5 Å². The van der Waals surface area contributed by atoms with Crippen molar-refractivity contribution in [2.45, 2.75) is 4.90 Å². The van der Waals surface area contributed by atoms with Crippen LogP contribution in [-0.4, -0.2) is 82.5 Å². The molecule has 2 aromatic rings. The summed E-state index contributed by atoms with van der Waals surface area (Å²) in [6.07, 6.45) is 1.72. The molecule has 2 aliphatic heterocycles. The lowest BCUT2D eigenvalue weighted by molar-refractivity contribution is 0.122. The predicted molar refractivity (Wildman–Crippen MR) is 114 cm³/mol. The minimum atomic E-state index is -3.62. The summed E-state index contributed by atoms with van der Waals surface area (Å²) >= 11 is 6.12. The average molecular weight is 454 g/mol. The van der Waals surface area contributed by atoms with E-state index in [1.165, 1.54) is 23.5 Å². The molecule has 0 N–H and O–H groups in total. The molecular formula is C19H24ClN5O4S. The van der Waals surface area contributed by atoms with Gasteiger partial charge in [0.25, 0.3) is 0 Å². The summed E-state index contributed by atoms with van der Waals surface area (Å²) in [6, 6.07) is 6.53. The fraction of sp³-hybridized carbons (Fsp3) is 0.474. The predicted octanol–water partition coefficient (Wildman–Crippen LogP) is 1.49. The van der Waals surface area contributed by atoms with Gasteiger partial charge < -0.3 is 19.3 Å². The zero-order chi connectivity index (χ0) is 21.1. The highest BCUT2D eigenvalue weighted by molar-refractivity contribution is 7.89. The SMILES string of the molecule is COc1ccc(S(=O)(=O)N2CCN(c3cnnc(N4CCOCC4)c3)CC2)cc1Cl. The van der Waals surface area contributed by atoms with Crippen LogP contribution in [0.5, 0.6) is 5.75 Å². The first-order valence-corrected chi connectivity index (χ1v) is 11.5. The quantitative estimate of drug-likeness (QED) is 0.672. The third-order valence-electron chi connectivity index (χ3n) is 5.33. The number of hydrogen-bond acceptors (Lipinski definition) is 8. The van der Waals surface area contributed by atoms with Crippen LogP contribution in [0, 0.1) is 0 Å². The number of benzene rings is 1. The van der Waals surface area contributed by atoms with Crippen LogP contribution in [0.15, 0.2) is 35.4 Å². The lowest BCUT2D eigenvalue weighted by Crippen LogP contribution is -2.48. The molecule has 30 heavy (non-hydrogen) atoms. The van der Waals surface area contributed by atoms with E-state index in [2.05, 4.69) is 20.0 Å². The molecule has 0 atom stereocenters. The Morgan fingerprint density at radius 3 is 2.43 bits per heavy atom. The summed E-state index contributed by atoms with van der Waals surface area (Å²) in [4.78, 5) is 4.45. The number of ether oxygens (including phenoxy) is 2.